The highest BCUT2D eigenvalue weighted by Crippen LogP contribution is 2.14. The van der Waals surface area contributed by atoms with Crippen LogP contribution in [0.1, 0.15) is 32.6 Å². The Kier molecular flexibility index (Phi) is 6.58. The molecule has 1 aliphatic rings. The van der Waals surface area contributed by atoms with Crippen LogP contribution in [0, 0.1) is 0 Å². The Hall–Kier alpha value is -1.09. The van der Waals surface area contributed by atoms with Crippen LogP contribution in [0.5, 0.6) is 0 Å². The van der Waals surface area contributed by atoms with Crippen molar-refractivity contribution in [2.75, 3.05) is 19.8 Å². The zero-order valence-electron chi connectivity index (χ0n) is 9.98. The van der Waals surface area contributed by atoms with E-state index >= 15 is 0 Å². The Balaban J connectivity index is 2.15. The van der Waals surface area contributed by atoms with Gasteiger partial charge >= 0.3 is 0 Å². The number of aliphatic hydroxyl groups is 1. The fourth-order valence-electron chi connectivity index (χ4n) is 1.61. The van der Waals surface area contributed by atoms with E-state index in [1.807, 2.05) is 0 Å². The van der Waals surface area contributed by atoms with E-state index < -0.39 is 0 Å². The fourth-order valence-corrected chi connectivity index (χ4v) is 1.61. The fraction of sp³-hybridized carbons (Fsp3) is 0.615. The van der Waals surface area contributed by atoms with Crippen LogP contribution in [-0.4, -0.2) is 31.1 Å². The molecular weight excluding hydrogens is 202 g/mol. The minimum Gasteiger partial charge on any atom is -0.507 e. The number of ether oxygens (including phenoxy) is 1. The summed E-state index contributed by atoms with van der Waals surface area (Å²) < 4.78 is 5.38. The third-order valence-corrected chi connectivity index (χ3v) is 2.57. The SMILES string of the molecule is C/C=C(O)\C=N/CCCC1=CCCOCC1. The number of hydrogen-bond donors (Lipinski definition) is 1. The molecule has 0 bridgehead atoms. The molecule has 0 saturated carbocycles. The predicted octanol–water partition coefficient (Wildman–Crippen LogP) is 3.04. The molecule has 0 aromatic rings. The van der Waals surface area contributed by atoms with Crippen molar-refractivity contribution in [2.24, 2.45) is 4.99 Å². The molecule has 1 aliphatic heterocycles. The molecule has 0 aromatic heterocycles. The average molecular weight is 223 g/mol. The van der Waals surface area contributed by atoms with Crippen molar-refractivity contribution in [3.05, 3.63) is 23.5 Å². The van der Waals surface area contributed by atoms with E-state index in [1.54, 1.807) is 13.0 Å². The van der Waals surface area contributed by atoms with Crippen molar-refractivity contribution in [1.82, 2.24) is 0 Å². The molecule has 1 heterocycles. The summed E-state index contributed by atoms with van der Waals surface area (Å²) in [6, 6.07) is 0. The van der Waals surface area contributed by atoms with Crippen molar-refractivity contribution in [1.29, 1.82) is 0 Å². The molecule has 0 fully saturated rings. The van der Waals surface area contributed by atoms with Crippen molar-refractivity contribution in [3.63, 3.8) is 0 Å². The minimum atomic E-state index is 0.238. The largest absolute Gasteiger partial charge is 0.507 e. The van der Waals surface area contributed by atoms with E-state index in [2.05, 4.69) is 11.1 Å². The summed E-state index contributed by atoms with van der Waals surface area (Å²) >= 11 is 0. The van der Waals surface area contributed by atoms with E-state index in [4.69, 9.17) is 9.84 Å². The smallest absolute Gasteiger partial charge is 0.129 e. The van der Waals surface area contributed by atoms with Gasteiger partial charge in [0.15, 0.2) is 0 Å². The number of rotatable bonds is 5. The van der Waals surface area contributed by atoms with Gasteiger partial charge in [-0.1, -0.05) is 11.6 Å². The number of aliphatic imine (C=N–C) groups is 1. The molecule has 3 heteroatoms. The highest BCUT2D eigenvalue weighted by molar-refractivity contribution is 5.74. The molecule has 0 aromatic carbocycles. The molecule has 1 rings (SSSR count). The predicted molar refractivity (Wildman–Crippen MR) is 67.1 cm³/mol. The van der Waals surface area contributed by atoms with Gasteiger partial charge in [0.25, 0.3) is 0 Å². The lowest BCUT2D eigenvalue weighted by Gasteiger charge is -2.02. The van der Waals surface area contributed by atoms with Crippen LogP contribution >= 0.6 is 0 Å². The van der Waals surface area contributed by atoms with Crippen molar-refractivity contribution < 1.29 is 9.84 Å². The second-order valence-electron chi connectivity index (χ2n) is 3.87. The van der Waals surface area contributed by atoms with Gasteiger partial charge < -0.3 is 9.84 Å². The van der Waals surface area contributed by atoms with E-state index in [0.29, 0.717) is 0 Å². The summed E-state index contributed by atoms with van der Waals surface area (Å²) in [4.78, 5) is 4.15. The lowest BCUT2D eigenvalue weighted by atomic mass is 10.1. The minimum absolute atomic E-state index is 0.238. The maximum absolute atomic E-state index is 9.13. The maximum Gasteiger partial charge on any atom is 0.129 e. The van der Waals surface area contributed by atoms with Gasteiger partial charge in [0.2, 0.25) is 0 Å². The average Bonchev–Trinajstić information content (AvgIpc) is 2.57. The van der Waals surface area contributed by atoms with E-state index in [0.717, 1.165) is 45.4 Å². The lowest BCUT2D eigenvalue weighted by molar-refractivity contribution is 0.146. The zero-order chi connectivity index (χ0) is 11.6. The number of hydrogen-bond acceptors (Lipinski definition) is 3. The lowest BCUT2D eigenvalue weighted by Crippen LogP contribution is -1.93. The first-order chi connectivity index (χ1) is 7.83. The highest BCUT2D eigenvalue weighted by atomic mass is 16.5. The Morgan fingerprint density at radius 1 is 1.56 bits per heavy atom. The molecule has 0 unspecified atom stereocenters. The topological polar surface area (TPSA) is 41.8 Å². The maximum atomic E-state index is 9.13. The van der Waals surface area contributed by atoms with Crippen molar-refractivity contribution >= 4 is 6.21 Å². The van der Waals surface area contributed by atoms with Gasteiger partial charge in [0, 0.05) is 6.54 Å². The molecule has 3 nitrogen and oxygen atoms in total. The molecule has 90 valence electrons. The molecule has 1 N–H and O–H groups in total. The molecule has 0 radical (unpaired) electrons. The molecule has 16 heavy (non-hydrogen) atoms. The summed E-state index contributed by atoms with van der Waals surface area (Å²) in [5.41, 5.74) is 1.49. The van der Waals surface area contributed by atoms with Crippen LogP contribution in [0.3, 0.4) is 0 Å². The Labute approximate surface area is 97.5 Å². The first kappa shape index (κ1) is 13.0. The third kappa shape index (κ3) is 5.71. The molecule has 0 saturated heterocycles. The Bertz CT molecular complexity index is 280. The van der Waals surface area contributed by atoms with Gasteiger partial charge in [-0.05, 0) is 38.7 Å². The van der Waals surface area contributed by atoms with Crippen LogP contribution in [0.2, 0.25) is 0 Å². The van der Waals surface area contributed by atoms with Gasteiger partial charge in [-0.3, -0.25) is 4.99 Å². The molecular formula is C13H21NO2. The number of aliphatic hydroxyl groups excluding tert-OH is 1. The number of allylic oxidation sites excluding steroid dienone is 2. The standard InChI is InChI=1S/C13H21NO2/c1-2-13(15)11-14-8-3-5-12-6-4-9-16-10-7-12/h2,6,11,15H,3-5,7-10H2,1H3/b13-2+,14-11-. The highest BCUT2D eigenvalue weighted by Gasteiger charge is 2.01. The first-order valence-corrected chi connectivity index (χ1v) is 5.93. The molecule has 0 amide bonds. The summed E-state index contributed by atoms with van der Waals surface area (Å²) in [5.74, 6) is 0.238. The Morgan fingerprint density at radius 2 is 2.44 bits per heavy atom. The third-order valence-electron chi connectivity index (χ3n) is 2.57. The summed E-state index contributed by atoms with van der Waals surface area (Å²) in [6.45, 7) is 4.28. The normalized spacial score (nSPS) is 18.6. The molecule has 0 atom stereocenters. The summed E-state index contributed by atoms with van der Waals surface area (Å²) in [5, 5.41) is 9.13. The van der Waals surface area contributed by atoms with Gasteiger partial charge in [0.1, 0.15) is 5.76 Å². The zero-order valence-corrected chi connectivity index (χ0v) is 9.98. The first-order valence-electron chi connectivity index (χ1n) is 5.93. The van der Waals surface area contributed by atoms with Crippen LogP contribution < -0.4 is 0 Å². The van der Waals surface area contributed by atoms with Gasteiger partial charge in [-0.2, -0.15) is 0 Å². The van der Waals surface area contributed by atoms with E-state index in [1.165, 1.54) is 11.8 Å². The van der Waals surface area contributed by atoms with Crippen LogP contribution in [-0.2, 0) is 4.74 Å². The van der Waals surface area contributed by atoms with Gasteiger partial charge in [-0.15, -0.1) is 0 Å². The van der Waals surface area contributed by atoms with Crippen molar-refractivity contribution in [3.8, 4) is 0 Å². The summed E-state index contributed by atoms with van der Waals surface area (Å²) in [7, 11) is 0. The molecule has 0 spiro atoms. The van der Waals surface area contributed by atoms with Gasteiger partial charge in [-0.25, -0.2) is 0 Å². The van der Waals surface area contributed by atoms with Crippen LogP contribution in [0.25, 0.3) is 0 Å². The summed E-state index contributed by atoms with van der Waals surface area (Å²) in [6.07, 6.45) is 9.68. The van der Waals surface area contributed by atoms with E-state index in [-0.39, 0.29) is 5.76 Å². The van der Waals surface area contributed by atoms with Crippen LogP contribution in [0.4, 0.5) is 0 Å². The second kappa shape index (κ2) is 8.11. The Morgan fingerprint density at radius 3 is 3.25 bits per heavy atom. The quantitative estimate of drug-likeness (QED) is 0.337. The van der Waals surface area contributed by atoms with Crippen LogP contribution in [0.15, 0.2) is 28.5 Å². The monoisotopic (exact) mass is 223 g/mol. The van der Waals surface area contributed by atoms with Crippen molar-refractivity contribution in [2.45, 2.75) is 32.6 Å². The van der Waals surface area contributed by atoms with Gasteiger partial charge in [0.05, 0.1) is 19.4 Å². The van der Waals surface area contributed by atoms with E-state index in [9.17, 15) is 0 Å². The second-order valence-corrected chi connectivity index (χ2v) is 3.87. The molecule has 0 aliphatic carbocycles. The number of nitrogens with zero attached hydrogens (tertiary/aromatic N) is 1.